The monoisotopic (exact) mass is 238 g/mol. The Bertz CT molecular complexity index is 203. The van der Waals surface area contributed by atoms with Crippen molar-refractivity contribution >= 4 is 0 Å². The average molecular weight is 238 g/mol. The van der Waals surface area contributed by atoms with Crippen molar-refractivity contribution in [1.29, 1.82) is 0 Å². The fraction of sp³-hybridized carbons (Fsp3) is 0.733. The zero-order valence-corrected chi connectivity index (χ0v) is 12.0. The van der Waals surface area contributed by atoms with Crippen molar-refractivity contribution in [2.75, 3.05) is 32.7 Å². The van der Waals surface area contributed by atoms with Gasteiger partial charge in [0.2, 0.25) is 0 Å². The molecule has 1 atom stereocenters. The molecular weight excluding hydrogens is 208 g/mol. The molecular formula is C15H30N2. The molecule has 0 spiro atoms. The molecule has 0 aliphatic rings. The summed E-state index contributed by atoms with van der Waals surface area (Å²) in [5.41, 5.74) is 0.335. The lowest BCUT2D eigenvalue weighted by Crippen LogP contribution is -2.42. The van der Waals surface area contributed by atoms with Crippen LogP contribution in [0.4, 0.5) is 0 Å². The van der Waals surface area contributed by atoms with Gasteiger partial charge in [0.15, 0.2) is 0 Å². The lowest BCUT2D eigenvalue weighted by molar-refractivity contribution is 0.179. The van der Waals surface area contributed by atoms with Gasteiger partial charge in [0.25, 0.3) is 0 Å². The molecule has 0 heterocycles. The maximum atomic E-state index is 3.82. The van der Waals surface area contributed by atoms with Gasteiger partial charge in [-0.3, -0.25) is 4.90 Å². The van der Waals surface area contributed by atoms with Crippen LogP contribution in [0.3, 0.4) is 0 Å². The van der Waals surface area contributed by atoms with Crippen LogP contribution in [0.1, 0.15) is 33.6 Å². The first-order valence-electron chi connectivity index (χ1n) is 6.76. The normalized spacial score (nSPS) is 14.6. The molecule has 0 saturated carbocycles. The second-order valence-corrected chi connectivity index (χ2v) is 5.11. The summed E-state index contributed by atoms with van der Waals surface area (Å²) in [5.74, 6) is 0. The van der Waals surface area contributed by atoms with Crippen LogP contribution in [0, 0.1) is 5.41 Å². The Labute approximate surface area is 108 Å². The lowest BCUT2D eigenvalue weighted by Gasteiger charge is -2.34. The van der Waals surface area contributed by atoms with E-state index in [0.29, 0.717) is 5.41 Å². The molecule has 2 heteroatoms. The van der Waals surface area contributed by atoms with Crippen LogP contribution in [-0.2, 0) is 0 Å². The summed E-state index contributed by atoms with van der Waals surface area (Å²) in [6, 6.07) is 0. The SMILES string of the molecule is C=CCN(CC=C)CC(C)(CC)CNCCC. The van der Waals surface area contributed by atoms with Crippen molar-refractivity contribution in [3.63, 3.8) is 0 Å². The number of hydrogen-bond donors (Lipinski definition) is 1. The van der Waals surface area contributed by atoms with Gasteiger partial charge in [-0.15, -0.1) is 13.2 Å². The summed E-state index contributed by atoms with van der Waals surface area (Å²) in [6.07, 6.45) is 6.33. The molecule has 1 unspecified atom stereocenters. The Kier molecular flexibility index (Phi) is 9.10. The van der Waals surface area contributed by atoms with Gasteiger partial charge in [-0.2, -0.15) is 0 Å². The van der Waals surface area contributed by atoms with E-state index in [0.717, 1.165) is 32.7 Å². The van der Waals surface area contributed by atoms with E-state index in [4.69, 9.17) is 0 Å². The van der Waals surface area contributed by atoms with E-state index in [1.165, 1.54) is 12.8 Å². The smallest absolute Gasteiger partial charge is 0.0164 e. The molecule has 100 valence electrons. The molecule has 0 aromatic heterocycles. The molecule has 17 heavy (non-hydrogen) atoms. The van der Waals surface area contributed by atoms with Crippen molar-refractivity contribution in [3.05, 3.63) is 25.3 Å². The first-order valence-corrected chi connectivity index (χ1v) is 6.76. The van der Waals surface area contributed by atoms with Crippen molar-refractivity contribution < 1.29 is 0 Å². The molecule has 0 aromatic carbocycles. The van der Waals surface area contributed by atoms with Gasteiger partial charge in [-0.25, -0.2) is 0 Å². The Hall–Kier alpha value is -0.600. The Morgan fingerprint density at radius 2 is 1.76 bits per heavy atom. The van der Waals surface area contributed by atoms with Crippen LogP contribution in [0.25, 0.3) is 0 Å². The van der Waals surface area contributed by atoms with Crippen LogP contribution in [0.15, 0.2) is 25.3 Å². The predicted molar refractivity (Wildman–Crippen MR) is 78.4 cm³/mol. The summed E-state index contributed by atoms with van der Waals surface area (Å²) in [6.45, 7) is 19.6. The van der Waals surface area contributed by atoms with Gasteiger partial charge in [-0.1, -0.05) is 32.9 Å². The van der Waals surface area contributed by atoms with E-state index in [-0.39, 0.29) is 0 Å². The van der Waals surface area contributed by atoms with Gasteiger partial charge in [0, 0.05) is 26.2 Å². The lowest BCUT2D eigenvalue weighted by atomic mass is 9.86. The fourth-order valence-electron chi connectivity index (χ4n) is 1.97. The zero-order chi connectivity index (χ0) is 13.1. The molecule has 0 bridgehead atoms. The highest BCUT2D eigenvalue weighted by atomic mass is 15.1. The van der Waals surface area contributed by atoms with Crippen molar-refractivity contribution in [1.82, 2.24) is 10.2 Å². The first kappa shape index (κ1) is 16.4. The van der Waals surface area contributed by atoms with E-state index in [1.54, 1.807) is 0 Å². The first-order chi connectivity index (χ1) is 8.11. The quantitative estimate of drug-likeness (QED) is 0.439. The minimum atomic E-state index is 0.335. The molecule has 2 nitrogen and oxygen atoms in total. The number of nitrogens with zero attached hydrogens (tertiary/aromatic N) is 1. The van der Waals surface area contributed by atoms with E-state index >= 15 is 0 Å². The molecule has 0 aromatic rings. The van der Waals surface area contributed by atoms with Gasteiger partial charge in [-0.05, 0) is 24.8 Å². The molecule has 0 rings (SSSR count). The van der Waals surface area contributed by atoms with Crippen LogP contribution in [0.2, 0.25) is 0 Å². The third-order valence-electron chi connectivity index (χ3n) is 3.21. The van der Waals surface area contributed by atoms with Crippen LogP contribution in [0.5, 0.6) is 0 Å². The van der Waals surface area contributed by atoms with Gasteiger partial charge in [0.05, 0.1) is 0 Å². The highest BCUT2D eigenvalue weighted by Crippen LogP contribution is 2.21. The molecule has 0 saturated heterocycles. The molecule has 0 radical (unpaired) electrons. The number of rotatable bonds is 11. The van der Waals surface area contributed by atoms with Gasteiger partial charge < -0.3 is 5.32 Å². The highest BCUT2D eigenvalue weighted by Gasteiger charge is 2.23. The van der Waals surface area contributed by atoms with Crippen molar-refractivity contribution in [2.45, 2.75) is 33.6 Å². The Morgan fingerprint density at radius 3 is 2.18 bits per heavy atom. The maximum absolute atomic E-state index is 3.82. The summed E-state index contributed by atoms with van der Waals surface area (Å²) >= 11 is 0. The molecule has 0 aliphatic heterocycles. The van der Waals surface area contributed by atoms with Crippen LogP contribution >= 0.6 is 0 Å². The second-order valence-electron chi connectivity index (χ2n) is 5.11. The molecule has 0 amide bonds. The Balaban J connectivity index is 4.28. The standard InChI is InChI=1S/C15H30N2/c1-6-10-16-13-15(5,9-4)14-17(11-7-2)12-8-3/h7-8,16H,2-3,6,9-14H2,1,4-5H3. The summed E-state index contributed by atoms with van der Waals surface area (Å²) in [7, 11) is 0. The van der Waals surface area contributed by atoms with Gasteiger partial charge in [0.1, 0.15) is 0 Å². The van der Waals surface area contributed by atoms with E-state index in [1.807, 2.05) is 12.2 Å². The van der Waals surface area contributed by atoms with Crippen molar-refractivity contribution in [3.8, 4) is 0 Å². The van der Waals surface area contributed by atoms with Crippen LogP contribution in [-0.4, -0.2) is 37.6 Å². The van der Waals surface area contributed by atoms with Crippen molar-refractivity contribution in [2.24, 2.45) is 5.41 Å². The summed E-state index contributed by atoms with van der Waals surface area (Å²) in [5, 5.41) is 3.54. The largest absolute Gasteiger partial charge is 0.316 e. The third kappa shape index (κ3) is 7.35. The number of hydrogen-bond acceptors (Lipinski definition) is 2. The summed E-state index contributed by atoms with van der Waals surface area (Å²) in [4.78, 5) is 2.40. The van der Waals surface area contributed by atoms with E-state index in [9.17, 15) is 0 Å². The molecule has 1 N–H and O–H groups in total. The Morgan fingerprint density at radius 1 is 1.18 bits per heavy atom. The number of nitrogens with one attached hydrogen (secondary N) is 1. The fourth-order valence-corrected chi connectivity index (χ4v) is 1.97. The van der Waals surface area contributed by atoms with Gasteiger partial charge >= 0.3 is 0 Å². The topological polar surface area (TPSA) is 15.3 Å². The zero-order valence-electron chi connectivity index (χ0n) is 12.0. The highest BCUT2D eigenvalue weighted by molar-refractivity contribution is 4.86. The second kappa shape index (κ2) is 9.43. The minimum absolute atomic E-state index is 0.335. The average Bonchev–Trinajstić information content (AvgIpc) is 2.30. The molecule has 0 aliphatic carbocycles. The van der Waals surface area contributed by atoms with E-state index in [2.05, 4.69) is 44.1 Å². The molecule has 0 fully saturated rings. The van der Waals surface area contributed by atoms with E-state index < -0.39 is 0 Å². The maximum Gasteiger partial charge on any atom is 0.0164 e. The predicted octanol–water partition coefficient (Wildman–Crippen LogP) is 3.08. The van der Waals surface area contributed by atoms with Crippen LogP contribution < -0.4 is 5.32 Å². The third-order valence-corrected chi connectivity index (χ3v) is 3.21. The minimum Gasteiger partial charge on any atom is -0.316 e. The summed E-state index contributed by atoms with van der Waals surface area (Å²) < 4.78 is 0.